The van der Waals surface area contributed by atoms with Crippen LogP contribution in [0.25, 0.3) is 0 Å². The van der Waals surface area contributed by atoms with Crippen molar-refractivity contribution in [3.05, 3.63) is 89.6 Å². The van der Waals surface area contributed by atoms with Gasteiger partial charge in [-0.05, 0) is 36.6 Å². The number of pyridine rings is 1. The van der Waals surface area contributed by atoms with Crippen LogP contribution < -0.4 is 15.4 Å². The van der Waals surface area contributed by atoms with Gasteiger partial charge in [0.1, 0.15) is 23.7 Å². The smallest absolute Gasteiger partial charge is 0.247 e. The molecule has 1 aliphatic heterocycles. The van der Waals surface area contributed by atoms with Crippen molar-refractivity contribution < 1.29 is 14.3 Å². The van der Waals surface area contributed by atoms with Crippen LogP contribution in [-0.2, 0) is 16.0 Å². The van der Waals surface area contributed by atoms with Gasteiger partial charge in [-0.15, -0.1) is 0 Å². The van der Waals surface area contributed by atoms with Crippen molar-refractivity contribution in [3.63, 3.8) is 0 Å². The number of hydrogen-bond donors (Lipinski definition) is 2. The summed E-state index contributed by atoms with van der Waals surface area (Å²) in [6, 6.07) is 21.3. The number of carbonyl (C=O) groups is 1. The third-order valence-electron chi connectivity index (χ3n) is 5.18. The molecule has 3 aromatic rings. The molecule has 2 aromatic carbocycles. The molecule has 0 aliphatic carbocycles. The summed E-state index contributed by atoms with van der Waals surface area (Å²) >= 11 is 0. The first-order valence-electron chi connectivity index (χ1n) is 10.5. The van der Waals surface area contributed by atoms with Crippen molar-refractivity contribution in [2.75, 3.05) is 25.1 Å². The topological polar surface area (TPSA) is 72.5 Å². The van der Waals surface area contributed by atoms with Gasteiger partial charge in [-0.3, -0.25) is 4.79 Å². The lowest BCUT2D eigenvalue weighted by molar-refractivity contribution is -0.118. The van der Waals surface area contributed by atoms with Crippen molar-refractivity contribution in [3.8, 4) is 5.75 Å². The van der Waals surface area contributed by atoms with E-state index in [-0.39, 0.29) is 12.0 Å². The number of hydrogen-bond acceptors (Lipinski definition) is 5. The summed E-state index contributed by atoms with van der Waals surface area (Å²) in [7, 11) is 0. The van der Waals surface area contributed by atoms with Crippen LogP contribution in [0.1, 0.15) is 22.7 Å². The van der Waals surface area contributed by atoms with Crippen molar-refractivity contribution in [2.45, 2.75) is 25.5 Å². The van der Waals surface area contributed by atoms with E-state index >= 15 is 0 Å². The summed E-state index contributed by atoms with van der Waals surface area (Å²) < 4.78 is 10.8. The first-order valence-corrected chi connectivity index (χ1v) is 10.5. The summed E-state index contributed by atoms with van der Waals surface area (Å²) in [4.78, 5) is 17.4. The molecule has 1 aliphatic rings. The van der Waals surface area contributed by atoms with Gasteiger partial charge >= 0.3 is 0 Å². The van der Waals surface area contributed by atoms with Crippen molar-refractivity contribution in [1.29, 1.82) is 0 Å². The molecule has 0 spiro atoms. The van der Waals surface area contributed by atoms with Gasteiger partial charge in [0, 0.05) is 6.54 Å². The first-order chi connectivity index (χ1) is 15.2. The third kappa shape index (κ3) is 5.90. The molecule has 2 N–H and O–H groups in total. The summed E-state index contributed by atoms with van der Waals surface area (Å²) in [5, 5.41) is 6.31. The number of aromatic nitrogens is 1. The second-order valence-electron chi connectivity index (χ2n) is 7.68. The molecule has 0 bridgehead atoms. The molecule has 6 nitrogen and oxygen atoms in total. The third-order valence-corrected chi connectivity index (χ3v) is 5.18. The minimum atomic E-state index is -0.475. The van der Waals surface area contributed by atoms with Gasteiger partial charge in [0.2, 0.25) is 5.91 Å². The van der Waals surface area contributed by atoms with E-state index in [1.165, 1.54) is 11.1 Å². The summed E-state index contributed by atoms with van der Waals surface area (Å²) in [6.07, 6.45) is 2.55. The quantitative estimate of drug-likeness (QED) is 0.556. The minimum absolute atomic E-state index is 0.0856. The maximum atomic E-state index is 13.1. The Balaban J connectivity index is 1.38. The Morgan fingerprint density at radius 2 is 1.87 bits per heavy atom. The van der Waals surface area contributed by atoms with E-state index in [1.54, 1.807) is 12.3 Å². The lowest BCUT2D eigenvalue weighted by atomic mass is 10.1. The molecular formula is C25H27N3O3. The molecule has 6 heteroatoms. The molecule has 0 radical (unpaired) electrons. The van der Waals surface area contributed by atoms with Gasteiger partial charge in [-0.25, -0.2) is 4.98 Å². The van der Waals surface area contributed by atoms with Gasteiger partial charge in [0.25, 0.3) is 0 Å². The van der Waals surface area contributed by atoms with E-state index in [0.717, 1.165) is 12.0 Å². The molecule has 31 heavy (non-hydrogen) atoms. The number of rotatable bonds is 9. The molecule has 2 heterocycles. The zero-order chi connectivity index (χ0) is 21.5. The number of aryl methyl sites for hydroxylation is 1. The van der Waals surface area contributed by atoms with E-state index in [1.807, 2.05) is 36.4 Å². The number of nitrogens with zero attached hydrogens (tertiary/aromatic N) is 1. The molecule has 160 valence electrons. The summed E-state index contributed by atoms with van der Waals surface area (Å²) in [6.45, 7) is 3.96. The van der Waals surface area contributed by atoms with Crippen LogP contribution in [-0.4, -0.2) is 36.8 Å². The van der Waals surface area contributed by atoms with Gasteiger partial charge < -0.3 is 20.1 Å². The van der Waals surface area contributed by atoms with E-state index < -0.39 is 6.04 Å². The molecule has 1 saturated heterocycles. The molecule has 0 unspecified atom stereocenters. The number of carbonyl (C=O) groups excluding carboxylic acids is 1. The zero-order valence-electron chi connectivity index (χ0n) is 17.6. The molecule has 0 saturated carbocycles. The Hall–Kier alpha value is -3.22. The number of amides is 1. The Morgan fingerprint density at radius 3 is 2.52 bits per heavy atom. The highest BCUT2D eigenvalue weighted by molar-refractivity contribution is 5.94. The largest absolute Gasteiger partial charge is 0.484 e. The van der Waals surface area contributed by atoms with E-state index in [4.69, 9.17) is 9.47 Å². The summed E-state index contributed by atoms with van der Waals surface area (Å²) in [5.41, 5.74) is 3.39. The fourth-order valence-corrected chi connectivity index (χ4v) is 3.32. The number of nitrogens with one attached hydrogen (secondary N) is 2. The van der Waals surface area contributed by atoms with Gasteiger partial charge in [-0.1, -0.05) is 60.2 Å². The molecule has 1 amide bonds. The van der Waals surface area contributed by atoms with Crippen molar-refractivity contribution in [1.82, 2.24) is 10.3 Å². The van der Waals surface area contributed by atoms with Crippen LogP contribution in [0.4, 0.5) is 5.82 Å². The highest BCUT2D eigenvalue weighted by Gasteiger charge is 2.22. The fourth-order valence-electron chi connectivity index (χ4n) is 3.32. The lowest BCUT2D eigenvalue weighted by Gasteiger charge is -2.26. The van der Waals surface area contributed by atoms with Crippen LogP contribution in [0.15, 0.2) is 72.9 Å². The van der Waals surface area contributed by atoms with E-state index in [2.05, 4.69) is 46.8 Å². The van der Waals surface area contributed by atoms with E-state index in [0.29, 0.717) is 31.3 Å². The van der Waals surface area contributed by atoms with E-state index in [9.17, 15) is 4.79 Å². The van der Waals surface area contributed by atoms with Crippen molar-refractivity contribution in [2.24, 2.45) is 0 Å². The Morgan fingerprint density at radius 1 is 1.10 bits per heavy atom. The van der Waals surface area contributed by atoms with Gasteiger partial charge in [0.15, 0.2) is 0 Å². The second-order valence-corrected chi connectivity index (χ2v) is 7.68. The van der Waals surface area contributed by atoms with Crippen LogP contribution in [0.5, 0.6) is 5.75 Å². The minimum Gasteiger partial charge on any atom is -0.484 e. The molecule has 1 aromatic heterocycles. The number of anilines is 1. The maximum Gasteiger partial charge on any atom is 0.247 e. The lowest BCUT2D eigenvalue weighted by Crippen LogP contribution is -2.38. The highest BCUT2D eigenvalue weighted by atomic mass is 16.6. The zero-order valence-corrected chi connectivity index (χ0v) is 17.6. The van der Waals surface area contributed by atoms with Crippen molar-refractivity contribution >= 4 is 11.7 Å². The average Bonchev–Trinajstić information content (AvgIpc) is 2.77. The average molecular weight is 418 g/mol. The number of benzene rings is 2. The predicted molar refractivity (Wildman–Crippen MR) is 120 cm³/mol. The van der Waals surface area contributed by atoms with Gasteiger partial charge in [-0.2, -0.15) is 0 Å². The molecule has 1 atom stereocenters. The standard InChI is InChI=1S/C25H27N3O3/c1-18-7-9-19(10-8-18)13-14-26-24(20-5-3-2-4-6-20)25(29)28-23-12-11-21(15-27-23)31-22-16-30-17-22/h2-12,15,22,24,26H,13-14,16-17H2,1H3,(H,27,28,29)/t24-/m0/s1. The normalized spacial score (nSPS) is 14.5. The summed E-state index contributed by atoms with van der Waals surface area (Å²) in [5.74, 6) is 1.01. The first kappa shape index (κ1) is 21.0. The number of ether oxygens (including phenoxy) is 2. The molecule has 4 rings (SSSR count). The Kier molecular flexibility index (Phi) is 6.92. The molecule has 1 fully saturated rings. The van der Waals surface area contributed by atoms with Gasteiger partial charge in [0.05, 0.1) is 19.4 Å². The van der Waals surface area contributed by atoms with Crippen LogP contribution >= 0.6 is 0 Å². The SMILES string of the molecule is Cc1ccc(CCN[C@H](C(=O)Nc2ccc(OC3COC3)cn2)c2ccccc2)cc1. The van der Waals surface area contributed by atoms with Crippen LogP contribution in [0, 0.1) is 6.92 Å². The monoisotopic (exact) mass is 417 g/mol. The maximum absolute atomic E-state index is 13.1. The van der Waals surface area contributed by atoms with Crippen LogP contribution in [0.3, 0.4) is 0 Å². The highest BCUT2D eigenvalue weighted by Crippen LogP contribution is 2.19. The fraction of sp³-hybridized carbons (Fsp3) is 0.280. The Labute approximate surface area is 182 Å². The Bertz CT molecular complexity index is 971. The predicted octanol–water partition coefficient (Wildman–Crippen LogP) is 3.68. The molecular weight excluding hydrogens is 390 g/mol. The van der Waals surface area contributed by atoms with Crippen LogP contribution in [0.2, 0.25) is 0 Å². The second kappa shape index (κ2) is 10.2.